The molecule has 3 aliphatic carbocycles. The van der Waals surface area contributed by atoms with Crippen LogP contribution < -0.4 is 11.1 Å². The van der Waals surface area contributed by atoms with Crippen LogP contribution in [0.15, 0.2) is 6.07 Å². The number of ketones is 3. The summed E-state index contributed by atoms with van der Waals surface area (Å²) in [6.45, 7) is 0.496. The number of nitrogens with zero attached hydrogens (tertiary/aromatic N) is 1. The van der Waals surface area contributed by atoms with Gasteiger partial charge < -0.3 is 26.7 Å². The lowest BCUT2D eigenvalue weighted by molar-refractivity contribution is -0.157. The van der Waals surface area contributed by atoms with Crippen LogP contribution in [0.25, 0.3) is 0 Å². The van der Waals surface area contributed by atoms with Crippen LogP contribution in [0.3, 0.4) is 0 Å². The van der Waals surface area contributed by atoms with E-state index in [1.165, 1.54) is 19.0 Å². The van der Waals surface area contributed by atoms with Crippen LogP contribution in [-0.4, -0.2) is 76.4 Å². The SMILES string of the molecule is CN(C)C1C(=O)C(C(N)=O)C(=N)C2(O)C(=O)C3C(=O)c4c(O)cc(C5CCN5)c(C(F)(F)F)c4CC3CC12. The van der Waals surface area contributed by atoms with Crippen molar-refractivity contribution >= 4 is 29.0 Å². The lowest BCUT2D eigenvalue weighted by Crippen LogP contribution is -2.73. The quantitative estimate of drug-likeness (QED) is 0.345. The van der Waals surface area contributed by atoms with Gasteiger partial charge in [0.05, 0.1) is 28.8 Å². The van der Waals surface area contributed by atoms with Crippen molar-refractivity contribution in [3.8, 4) is 5.75 Å². The summed E-state index contributed by atoms with van der Waals surface area (Å²) in [5.74, 6) is -10.9. The Bertz CT molecular complexity index is 1310. The third kappa shape index (κ3) is 3.41. The van der Waals surface area contributed by atoms with Crippen molar-refractivity contribution in [1.82, 2.24) is 10.2 Å². The summed E-state index contributed by atoms with van der Waals surface area (Å²) >= 11 is 0. The molecule has 1 aromatic rings. The van der Waals surface area contributed by atoms with Crippen molar-refractivity contribution in [3.05, 3.63) is 28.3 Å². The standard InChI is InChI=1S/C25H27F3N4O6/c1-32(2)18-11-6-8-5-10-15(13(33)7-9(12-3-4-31-12)17(10)25(26,27)28)19(34)14(8)22(36)24(11,38)21(29)16(20(18)35)23(30)37/h7-8,11-12,14,16,18,29,31,33,38H,3-6H2,1-2H3,(H2,30,37). The molecule has 204 valence electrons. The molecule has 0 radical (unpaired) electrons. The van der Waals surface area contributed by atoms with E-state index in [4.69, 9.17) is 11.1 Å². The molecule has 1 saturated heterocycles. The molecule has 3 fully saturated rings. The van der Waals surface area contributed by atoms with Crippen LogP contribution in [-0.2, 0) is 27.0 Å². The number of fused-ring (bicyclic) bond motifs is 3. The molecule has 0 spiro atoms. The highest BCUT2D eigenvalue weighted by Gasteiger charge is 2.67. The topological polar surface area (TPSA) is 174 Å². The summed E-state index contributed by atoms with van der Waals surface area (Å²) in [5.41, 5.74) is -0.584. The molecule has 1 heterocycles. The normalized spacial score (nSPS) is 34.9. The van der Waals surface area contributed by atoms with Gasteiger partial charge in [-0.15, -0.1) is 0 Å². The first kappa shape index (κ1) is 26.4. The van der Waals surface area contributed by atoms with Gasteiger partial charge in [0.15, 0.2) is 23.0 Å². The summed E-state index contributed by atoms with van der Waals surface area (Å²) in [6.07, 6.45) is -5.11. The van der Waals surface area contributed by atoms with Gasteiger partial charge in [0.25, 0.3) is 0 Å². The fourth-order valence-electron chi connectivity index (χ4n) is 6.92. The van der Waals surface area contributed by atoms with Gasteiger partial charge in [0, 0.05) is 12.0 Å². The van der Waals surface area contributed by atoms with Gasteiger partial charge in [-0.05, 0) is 63.0 Å². The average Bonchev–Trinajstić information content (AvgIpc) is 2.73. The second-order valence-electron chi connectivity index (χ2n) is 10.8. The minimum Gasteiger partial charge on any atom is -0.507 e. The number of carbonyl (C=O) groups is 4. The minimum atomic E-state index is -4.86. The van der Waals surface area contributed by atoms with Crippen LogP contribution in [0.5, 0.6) is 5.75 Å². The minimum absolute atomic E-state index is 0.185. The molecule has 1 aromatic carbocycles. The Balaban J connectivity index is 1.68. The molecule has 6 N–H and O–H groups in total. The Morgan fingerprint density at radius 2 is 1.89 bits per heavy atom. The first-order chi connectivity index (χ1) is 17.6. The molecule has 1 aliphatic heterocycles. The van der Waals surface area contributed by atoms with E-state index in [2.05, 4.69) is 5.32 Å². The molecule has 0 aromatic heterocycles. The molecule has 5 rings (SSSR count). The Kier molecular flexibility index (Phi) is 5.86. The van der Waals surface area contributed by atoms with Gasteiger partial charge in [0.2, 0.25) is 5.91 Å². The molecule has 7 atom stereocenters. The van der Waals surface area contributed by atoms with E-state index < -0.39 is 105 Å². The van der Waals surface area contributed by atoms with Crippen LogP contribution in [0, 0.1) is 29.1 Å². The highest BCUT2D eigenvalue weighted by molar-refractivity contribution is 6.33. The number of alkyl halides is 3. The third-order valence-electron chi connectivity index (χ3n) is 8.64. The molecule has 4 aliphatic rings. The van der Waals surface area contributed by atoms with Gasteiger partial charge in [-0.3, -0.25) is 24.1 Å². The monoisotopic (exact) mass is 536 g/mol. The highest BCUT2D eigenvalue weighted by atomic mass is 19.4. The smallest absolute Gasteiger partial charge is 0.417 e. The zero-order chi connectivity index (χ0) is 28.1. The second-order valence-corrected chi connectivity index (χ2v) is 10.8. The number of hydrogen-bond acceptors (Lipinski definition) is 9. The van der Waals surface area contributed by atoms with Crippen molar-refractivity contribution in [2.24, 2.45) is 29.4 Å². The number of aliphatic hydroxyl groups is 1. The van der Waals surface area contributed by atoms with Crippen LogP contribution in [0.2, 0.25) is 0 Å². The molecule has 7 unspecified atom stereocenters. The van der Waals surface area contributed by atoms with Crippen molar-refractivity contribution in [2.45, 2.75) is 43.1 Å². The molecule has 13 heteroatoms. The lowest BCUT2D eigenvalue weighted by Gasteiger charge is -2.53. The van der Waals surface area contributed by atoms with E-state index >= 15 is 0 Å². The molecule has 2 saturated carbocycles. The number of rotatable bonds is 3. The fraction of sp³-hybridized carbons (Fsp3) is 0.560. The number of halogens is 3. The number of phenolic OH excluding ortho intramolecular Hbond substituents is 1. The number of phenols is 1. The van der Waals surface area contributed by atoms with Crippen molar-refractivity contribution < 1.29 is 42.6 Å². The molecular weight excluding hydrogens is 509 g/mol. The summed E-state index contributed by atoms with van der Waals surface area (Å²) in [5, 5.41) is 33.7. The molecule has 38 heavy (non-hydrogen) atoms. The number of benzene rings is 1. The van der Waals surface area contributed by atoms with Gasteiger partial charge >= 0.3 is 6.18 Å². The zero-order valence-corrected chi connectivity index (χ0v) is 20.6. The summed E-state index contributed by atoms with van der Waals surface area (Å²) < 4.78 is 43.2. The average molecular weight is 537 g/mol. The van der Waals surface area contributed by atoms with Crippen LogP contribution in [0.1, 0.15) is 45.9 Å². The number of nitrogens with two attached hydrogens (primary N) is 1. The maximum absolute atomic E-state index is 14.4. The molecule has 0 bridgehead atoms. The first-order valence-electron chi connectivity index (χ1n) is 12.2. The van der Waals surface area contributed by atoms with Crippen molar-refractivity contribution in [2.75, 3.05) is 20.6 Å². The Labute approximate surface area is 214 Å². The molecule has 1 amide bonds. The highest BCUT2D eigenvalue weighted by Crippen LogP contribution is 2.53. The van der Waals surface area contributed by atoms with Crippen LogP contribution >= 0.6 is 0 Å². The summed E-state index contributed by atoms with van der Waals surface area (Å²) in [6, 6.07) is -1.02. The van der Waals surface area contributed by atoms with Crippen molar-refractivity contribution in [1.29, 1.82) is 5.41 Å². The van der Waals surface area contributed by atoms with E-state index in [9.17, 15) is 42.6 Å². The number of likely N-dealkylation sites (N-methyl/N-ethyl adjacent to an activating group) is 1. The first-order valence-corrected chi connectivity index (χ1v) is 12.2. The number of primary amides is 1. The number of Topliss-reactive ketones (excluding diaryl/α,β-unsaturated/α-hetero) is 3. The van der Waals surface area contributed by atoms with Gasteiger partial charge in [-0.25, -0.2) is 0 Å². The summed E-state index contributed by atoms with van der Waals surface area (Å²) in [4.78, 5) is 54.0. The van der Waals surface area contributed by atoms with E-state index in [0.717, 1.165) is 6.07 Å². The predicted molar refractivity (Wildman–Crippen MR) is 124 cm³/mol. The third-order valence-corrected chi connectivity index (χ3v) is 8.64. The number of aromatic hydroxyl groups is 1. The largest absolute Gasteiger partial charge is 0.507 e. The second kappa shape index (κ2) is 8.42. The predicted octanol–water partition coefficient (Wildman–Crippen LogP) is 0.371. The number of carbonyl (C=O) groups excluding carboxylic acids is 4. The van der Waals surface area contributed by atoms with Crippen LogP contribution in [0.4, 0.5) is 13.2 Å². The van der Waals surface area contributed by atoms with E-state index in [1.54, 1.807) is 0 Å². The fourth-order valence-corrected chi connectivity index (χ4v) is 6.92. The molecule has 10 nitrogen and oxygen atoms in total. The van der Waals surface area contributed by atoms with Gasteiger partial charge in [0.1, 0.15) is 11.7 Å². The van der Waals surface area contributed by atoms with E-state index in [-0.39, 0.29) is 12.0 Å². The van der Waals surface area contributed by atoms with Gasteiger partial charge in [-0.1, -0.05) is 0 Å². The Hall–Kier alpha value is -3.16. The maximum Gasteiger partial charge on any atom is 0.417 e. The van der Waals surface area contributed by atoms with E-state index in [0.29, 0.717) is 13.0 Å². The Morgan fingerprint density at radius 3 is 2.39 bits per heavy atom. The molecular formula is C25H27F3N4O6. The summed E-state index contributed by atoms with van der Waals surface area (Å²) in [7, 11) is 2.93. The zero-order valence-electron chi connectivity index (χ0n) is 20.6. The lowest BCUT2D eigenvalue weighted by atomic mass is 9.52. The number of hydrogen-bond donors (Lipinski definition) is 5. The van der Waals surface area contributed by atoms with Gasteiger partial charge in [-0.2, -0.15) is 13.2 Å². The van der Waals surface area contributed by atoms with E-state index in [1.807, 2.05) is 0 Å². The number of amides is 1. The van der Waals surface area contributed by atoms with Crippen molar-refractivity contribution in [3.63, 3.8) is 0 Å². The maximum atomic E-state index is 14.4. The number of nitrogens with one attached hydrogen (secondary N) is 2. The Morgan fingerprint density at radius 1 is 1.26 bits per heavy atom.